The molecule has 3 N–H and O–H groups in total. The highest BCUT2D eigenvalue weighted by Crippen LogP contribution is 2.23. The lowest BCUT2D eigenvalue weighted by molar-refractivity contribution is -0.149. The summed E-state index contributed by atoms with van der Waals surface area (Å²) >= 11 is 0. The number of carbonyl (C=O) groups excluding carboxylic acids is 3. The van der Waals surface area contributed by atoms with Gasteiger partial charge in [-0.1, -0.05) is 29.8 Å². The summed E-state index contributed by atoms with van der Waals surface area (Å²) < 4.78 is 5.21. The molecule has 192 valence electrons. The van der Waals surface area contributed by atoms with E-state index in [2.05, 4.69) is 5.32 Å². The minimum absolute atomic E-state index is 0.00584. The first-order valence-corrected chi connectivity index (χ1v) is 12.7. The minimum Gasteiger partial charge on any atom is -0.497 e. The molecule has 3 amide bonds. The van der Waals surface area contributed by atoms with Crippen LogP contribution in [-0.4, -0.2) is 66.0 Å². The van der Waals surface area contributed by atoms with E-state index in [4.69, 9.17) is 10.5 Å². The lowest BCUT2D eigenvalue weighted by atomic mass is 9.91. The fourth-order valence-corrected chi connectivity index (χ4v) is 5.08. The highest BCUT2D eigenvalue weighted by Gasteiger charge is 2.41. The second-order valence-electron chi connectivity index (χ2n) is 9.83. The molecular weight excluding hydrogens is 456 g/mol. The van der Waals surface area contributed by atoms with Gasteiger partial charge < -0.3 is 25.6 Å². The summed E-state index contributed by atoms with van der Waals surface area (Å²) in [5.74, 6) is -0.0259. The van der Waals surface area contributed by atoms with Crippen LogP contribution >= 0.6 is 0 Å². The number of ether oxygens (including phenoxy) is 1. The standard InChI is InChI=1S/C28H36N4O4/c1-19-5-3-6-21(17-19)28(35)32-16-4-15-31(25(33)18-20-7-13-24(36-2)14-8-20)27(32)26(34)30-23-11-9-22(29)10-12-23/h3,5-8,13-14,17,22-23,27H,4,9-12,15-16,18,29H2,1-2H3,(H,30,34). The Balaban J connectivity index is 1.58. The van der Waals surface area contributed by atoms with Gasteiger partial charge in [-0.3, -0.25) is 14.4 Å². The third-order valence-corrected chi connectivity index (χ3v) is 7.10. The molecule has 0 spiro atoms. The molecule has 2 aliphatic rings. The van der Waals surface area contributed by atoms with E-state index < -0.39 is 6.17 Å². The van der Waals surface area contributed by atoms with Gasteiger partial charge in [0.05, 0.1) is 13.5 Å². The smallest absolute Gasteiger partial charge is 0.264 e. The predicted molar refractivity (Wildman–Crippen MR) is 137 cm³/mol. The summed E-state index contributed by atoms with van der Waals surface area (Å²) in [6.45, 7) is 2.75. The number of nitrogens with one attached hydrogen (secondary N) is 1. The quantitative estimate of drug-likeness (QED) is 0.645. The molecule has 2 aromatic rings. The Labute approximate surface area is 212 Å². The van der Waals surface area contributed by atoms with Crippen LogP contribution in [0.15, 0.2) is 48.5 Å². The van der Waals surface area contributed by atoms with Gasteiger partial charge in [0.1, 0.15) is 5.75 Å². The number of benzene rings is 2. The van der Waals surface area contributed by atoms with Gasteiger partial charge in [0.15, 0.2) is 6.17 Å². The average molecular weight is 493 g/mol. The van der Waals surface area contributed by atoms with E-state index in [1.54, 1.807) is 23.0 Å². The number of carbonyl (C=O) groups is 3. The lowest BCUT2D eigenvalue weighted by Gasteiger charge is -2.43. The highest BCUT2D eigenvalue weighted by molar-refractivity contribution is 5.99. The van der Waals surface area contributed by atoms with Gasteiger partial charge in [0.25, 0.3) is 11.8 Å². The van der Waals surface area contributed by atoms with Crippen LogP contribution in [0.5, 0.6) is 5.75 Å². The van der Waals surface area contributed by atoms with Crippen LogP contribution in [0.1, 0.15) is 53.6 Å². The largest absolute Gasteiger partial charge is 0.497 e. The van der Waals surface area contributed by atoms with Gasteiger partial charge in [-0.2, -0.15) is 0 Å². The van der Waals surface area contributed by atoms with Crippen LogP contribution in [0, 0.1) is 6.92 Å². The summed E-state index contributed by atoms with van der Waals surface area (Å²) in [7, 11) is 1.59. The van der Waals surface area contributed by atoms with E-state index >= 15 is 0 Å². The molecule has 1 saturated heterocycles. The third-order valence-electron chi connectivity index (χ3n) is 7.10. The summed E-state index contributed by atoms with van der Waals surface area (Å²) in [6.07, 6.45) is 3.04. The third kappa shape index (κ3) is 6.05. The molecule has 1 aliphatic heterocycles. The Morgan fingerprint density at radius 1 is 1.00 bits per heavy atom. The first-order chi connectivity index (χ1) is 17.4. The maximum Gasteiger partial charge on any atom is 0.264 e. The van der Waals surface area contributed by atoms with Crippen LogP contribution in [0.25, 0.3) is 0 Å². The molecule has 8 heteroatoms. The number of amides is 3. The lowest BCUT2D eigenvalue weighted by Crippen LogP contribution is -2.64. The molecule has 0 radical (unpaired) electrons. The van der Waals surface area contributed by atoms with Crippen molar-refractivity contribution in [3.05, 3.63) is 65.2 Å². The highest BCUT2D eigenvalue weighted by atomic mass is 16.5. The Morgan fingerprint density at radius 2 is 1.69 bits per heavy atom. The molecule has 2 aromatic carbocycles. The van der Waals surface area contributed by atoms with Crippen molar-refractivity contribution >= 4 is 17.7 Å². The second-order valence-corrected chi connectivity index (χ2v) is 9.83. The maximum atomic E-state index is 13.7. The Kier molecular flexibility index (Phi) is 8.25. The maximum absolute atomic E-state index is 13.7. The zero-order chi connectivity index (χ0) is 25.7. The van der Waals surface area contributed by atoms with Crippen LogP contribution in [0.4, 0.5) is 0 Å². The summed E-state index contributed by atoms with van der Waals surface area (Å²) in [6, 6.07) is 14.8. The van der Waals surface area contributed by atoms with Gasteiger partial charge in [-0.05, 0) is 68.9 Å². The SMILES string of the molecule is COc1ccc(CC(=O)N2CCCN(C(=O)c3cccc(C)c3)C2C(=O)NC2CCC(N)CC2)cc1. The van der Waals surface area contributed by atoms with E-state index in [0.29, 0.717) is 30.8 Å². The topological polar surface area (TPSA) is 105 Å². The average Bonchev–Trinajstić information content (AvgIpc) is 2.89. The van der Waals surface area contributed by atoms with Crippen molar-refractivity contribution < 1.29 is 19.1 Å². The summed E-state index contributed by atoms with van der Waals surface area (Å²) in [5.41, 5.74) is 8.34. The van der Waals surface area contributed by atoms with Crippen molar-refractivity contribution in [2.75, 3.05) is 20.2 Å². The Hall–Kier alpha value is -3.39. The number of methoxy groups -OCH3 is 1. The van der Waals surface area contributed by atoms with Crippen molar-refractivity contribution in [3.8, 4) is 5.75 Å². The molecule has 1 saturated carbocycles. The van der Waals surface area contributed by atoms with Crippen molar-refractivity contribution in [1.29, 1.82) is 0 Å². The van der Waals surface area contributed by atoms with Crippen molar-refractivity contribution in [1.82, 2.24) is 15.1 Å². The minimum atomic E-state index is -0.992. The molecule has 4 rings (SSSR count). The molecular formula is C28H36N4O4. The molecule has 1 atom stereocenters. The molecule has 1 heterocycles. The number of aryl methyl sites for hydroxylation is 1. The fourth-order valence-electron chi connectivity index (χ4n) is 5.08. The number of rotatable bonds is 6. The molecule has 8 nitrogen and oxygen atoms in total. The van der Waals surface area contributed by atoms with Gasteiger partial charge in [-0.25, -0.2) is 0 Å². The molecule has 2 fully saturated rings. The van der Waals surface area contributed by atoms with Crippen LogP contribution in [0.3, 0.4) is 0 Å². The first kappa shape index (κ1) is 25.7. The summed E-state index contributed by atoms with van der Waals surface area (Å²) in [4.78, 5) is 43.8. The van der Waals surface area contributed by atoms with Crippen molar-refractivity contribution in [2.24, 2.45) is 5.73 Å². The molecule has 36 heavy (non-hydrogen) atoms. The van der Waals surface area contributed by atoms with Crippen LogP contribution in [-0.2, 0) is 16.0 Å². The first-order valence-electron chi connectivity index (χ1n) is 12.7. The Bertz CT molecular complexity index is 1080. The zero-order valence-corrected chi connectivity index (χ0v) is 21.1. The monoisotopic (exact) mass is 492 g/mol. The fraction of sp³-hybridized carbons (Fsp3) is 0.464. The van der Waals surface area contributed by atoms with Crippen LogP contribution in [0.2, 0.25) is 0 Å². The zero-order valence-electron chi connectivity index (χ0n) is 21.1. The molecule has 1 aliphatic carbocycles. The molecule has 0 bridgehead atoms. The number of nitrogens with two attached hydrogens (primary N) is 1. The van der Waals surface area contributed by atoms with Gasteiger partial charge in [-0.15, -0.1) is 0 Å². The predicted octanol–water partition coefficient (Wildman–Crippen LogP) is 2.63. The van der Waals surface area contributed by atoms with Gasteiger partial charge >= 0.3 is 0 Å². The van der Waals surface area contributed by atoms with Crippen LogP contribution < -0.4 is 15.8 Å². The number of hydrogen-bond acceptors (Lipinski definition) is 5. The normalized spacial score (nSPS) is 22.1. The number of hydrogen-bond donors (Lipinski definition) is 2. The van der Waals surface area contributed by atoms with E-state index in [-0.39, 0.29) is 36.2 Å². The van der Waals surface area contributed by atoms with E-state index in [1.165, 1.54) is 0 Å². The van der Waals surface area contributed by atoms with E-state index in [1.807, 2.05) is 49.4 Å². The summed E-state index contributed by atoms with van der Waals surface area (Å²) in [5, 5.41) is 3.12. The second kappa shape index (κ2) is 11.6. The number of nitrogens with zero attached hydrogens (tertiary/aromatic N) is 2. The molecule has 1 unspecified atom stereocenters. The van der Waals surface area contributed by atoms with Crippen molar-refractivity contribution in [3.63, 3.8) is 0 Å². The van der Waals surface area contributed by atoms with E-state index in [9.17, 15) is 14.4 Å². The van der Waals surface area contributed by atoms with Gasteiger partial charge in [0.2, 0.25) is 5.91 Å². The van der Waals surface area contributed by atoms with E-state index in [0.717, 1.165) is 36.8 Å². The van der Waals surface area contributed by atoms with Gasteiger partial charge in [0, 0.05) is 30.7 Å². The van der Waals surface area contributed by atoms with Crippen molar-refractivity contribution in [2.45, 2.75) is 63.7 Å². The Morgan fingerprint density at radius 3 is 2.36 bits per heavy atom. The molecule has 0 aromatic heterocycles.